The van der Waals surface area contributed by atoms with Gasteiger partial charge in [0.05, 0.1) is 13.2 Å². The highest BCUT2D eigenvalue weighted by Gasteiger charge is 2.14. The van der Waals surface area contributed by atoms with E-state index in [1.807, 2.05) is 0 Å². The second-order valence-electron chi connectivity index (χ2n) is 3.49. The number of carboxylic acids is 1. The molecule has 1 atom stereocenters. The van der Waals surface area contributed by atoms with Gasteiger partial charge in [-0.2, -0.15) is 8.78 Å². The van der Waals surface area contributed by atoms with E-state index in [1.54, 1.807) is 0 Å². The summed E-state index contributed by atoms with van der Waals surface area (Å²) in [6, 6.07) is 0. The highest BCUT2D eigenvalue weighted by Crippen LogP contribution is 2.12. The van der Waals surface area contributed by atoms with Crippen LogP contribution in [0.3, 0.4) is 0 Å². The molecule has 0 saturated carbocycles. The van der Waals surface area contributed by atoms with Crippen LogP contribution in [0.5, 0.6) is 0 Å². The van der Waals surface area contributed by atoms with E-state index < -0.39 is 23.9 Å². The van der Waals surface area contributed by atoms with Gasteiger partial charge in [-0.25, -0.2) is 4.79 Å². The van der Waals surface area contributed by atoms with Crippen molar-refractivity contribution < 1.29 is 37.6 Å². The van der Waals surface area contributed by atoms with E-state index in [4.69, 9.17) is 19.3 Å². The van der Waals surface area contributed by atoms with Crippen molar-refractivity contribution in [3.8, 4) is 0 Å². The number of allylic oxidation sites excluding steroid dienone is 1. The van der Waals surface area contributed by atoms with Crippen molar-refractivity contribution >= 4 is 5.97 Å². The van der Waals surface area contributed by atoms with Crippen LogP contribution in [0.4, 0.5) is 8.78 Å². The Morgan fingerprint density at radius 2 is 2.00 bits per heavy atom. The molecule has 0 rings (SSSR count). The van der Waals surface area contributed by atoms with E-state index in [0.29, 0.717) is 6.61 Å². The van der Waals surface area contributed by atoms with Gasteiger partial charge in [0.25, 0.3) is 0 Å². The van der Waals surface area contributed by atoms with Gasteiger partial charge in [-0.1, -0.05) is 6.08 Å². The Balaban J connectivity index is 4.21. The monoisotopic (exact) mass is 296 g/mol. The summed E-state index contributed by atoms with van der Waals surface area (Å²) in [5.41, 5.74) is 0. The number of carboxylic acid groups (broad SMARTS) is 1. The summed E-state index contributed by atoms with van der Waals surface area (Å²) in [4.78, 5) is 10.6. The van der Waals surface area contributed by atoms with Crippen molar-refractivity contribution in [3.63, 3.8) is 0 Å². The molecule has 6 nitrogen and oxygen atoms in total. The first-order chi connectivity index (χ1) is 9.52. The highest BCUT2D eigenvalue weighted by molar-refractivity contribution is 5.72. The fourth-order valence-corrected chi connectivity index (χ4v) is 1.07. The fraction of sp³-hybridized carbons (Fsp3) is 0.583. The van der Waals surface area contributed by atoms with Gasteiger partial charge in [0.15, 0.2) is 18.7 Å². The molecular weight excluding hydrogens is 278 g/mol. The van der Waals surface area contributed by atoms with Crippen molar-refractivity contribution in [3.05, 3.63) is 24.0 Å². The van der Waals surface area contributed by atoms with E-state index in [0.717, 1.165) is 6.08 Å². The summed E-state index contributed by atoms with van der Waals surface area (Å²) < 4.78 is 44.0. The SMILES string of the molecule is COCCOCOC(/C=C/CC(OC)C(=O)O)=C(F)F. The number of aliphatic carboxylic acids is 1. The first kappa shape index (κ1) is 18.5. The Hall–Kier alpha value is -1.51. The maximum absolute atomic E-state index is 12.5. The first-order valence-electron chi connectivity index (χ1n) is 5.69. The summed E-state index contributed by atoms with van der Waals surface area (Å²) >= 11 is 0. The Labute approximate surface area is 115 Å². The quantitative estimate of drug-likeness (QED) is 0.271. The van der Waals surface area contributed by atoms with Crippen LogP contribution in [0.1, 0.15) is 6.42 Å². The standard InChI is InChI=1S/C12H18F2O6/c1-17-6-7-19-8-20-9(11(13)14)4-3-5-10(18-2)12(15)16/h3-4,10H,5-8H2,1-2H3,(H,15,16)/b4-3+. The van der Waals surface area contributed by atoms with Gasteiger partial charge >= 0.3 is 12.0 Å². The molecule has 20 heavy (non-hydrogen) atoms. The molecule has 0 aromatic rings. The summed E-state index contributed by atoms with van der Waals surface area (Å²) in [5.74, 6) is -1.85. The van der Waals surface area contributed by atoms with Crippen molar-refractivity contribution in [2.75, 3.05) is 34.2 Å². The number of halogens is 2. The van der Waals surface area contributed by atoms with E-state index in [9.17, 15) is 13.6 Å². The smallest absolute Gasteiger partial charge is 0.333 e. The maximum Gasteiger partial charge on any atom is 0.333 e. The van der Waals surface area contributed by atoms with Crippen LogP contribution in [0.2, 0.25) is 0 Å². The molecular formula is C12H18F2O6. The third-order valence-corrected chi connectivity index (χ3v) is 2.10. The molecule has 0 fully saturated rings. The highest BCUT2D eigenvalue weighted by atomic mass is 19.3. The number of methoxy groups -OCH3 is 2. The van der Waals surface area contributed by atoms with E-state index in [1.165, 1.54) is 20.3 Å². The molecule has 8 heteroatoms. The second kappa shape index (κ2) is 11.3. The Morgan fingerprint density at radius 1 is 1.30 bits per heavy atom. The minimum absolute atomic E-state index is 0.0590. The Morgan fingerprint density at radius 3 is 2.50 bits per heavy atom. The number of ether oxygens (including phenoxy) is 4. The lowest BCUT2D eigenvalue weighted by atomic mass is 10.2. The molecule has 0 spiro atoms. The topological polar surface area (TPSA) is 74.2 Å². The van der Waals surface area contributed by atoms with Gasteiger partial charge in [0.2, 0.25) is 0 Å². The maximum atomic E-state index is 12.5. The number of hydrogen-bond acceptors (Lipinski definition) is 5. The molecule has 0 bridgehead atoms. The summed E-state index contributed by atoms with van der Waals surface area (Å²) in [6.07, 6.45) is -0.971. The van der Waals surface area contributed by atoms with Crippen LogP contribution < -0.4 is 0 Å². The van der Waals surface area contributed by atoms with Gasteiger partial charge in [-0.3, -0.25) is 0 Å². The van der Waals surface area contributed by atoms with Crippen molar-refractivity contribution in [2.45, 2.75) is 12.5 Å². The number of hydrogen-bond donors (Lipinski definition) is 1. The van der Waals surface area contributed by atoms with Crippen LogP contribution in [0.25, 0.3) is 0 Å². The van der Waals surface area contributed by atoms with Gasteiger partial charge in [0, 0.05) is 20.6 Å². The van der Waals surface area contributed by atoms with Gasteiger partial charge in [0.1, 0.15) is 0 Å². The van der Waals surface area contributed by atoms with Gasteiger partial charge in [-0.15, -0.1) is 0 Å². The summed E-state index contributed by atoms with van der Waals surface area (Å²) in [6.45, 7) is 0.184. The third-order valence-electron chi connectivity index (χ3n) is 2.10. The average molecular weight is 296 g/mol. The van der Waals surface area contributed by atoms with Crippen LogP contribution in [-0.2, 0) is 23.7 Å². The minimum Gasteiger partial charge on any atom is -0.479 e. The predicted octanol–water partition coefficient (Wildman–Crippen LogP) is 1.78. The molecule has 0 saturated heterocycles. The Kier molecular flexibility index (Phi) is 10.5. The lowest BCUT2D eigenvalue weighted by Gasteiger charge is -2.08. The van der Waals surface area contributed by atoms with Gasteiger partial charge in [-0.05, 0) is 6.08 Å². The van der Waals surface area contributed by atoms with Gasteiger partial charge < -0.3 is 24.1 Å². The minimum atomic E-state index is -2.03. The molecule has 1 unspecified atom stereocenters. The molecule has 0 heterocycles. The molecule has 116 valence electrons. The number of rotatable bonds is 11. The van der Waals surface area contributed by atoms with Crippen LogP contribution in [-0.4, -0.2) is 51.4 Å². The molecule has 0 aliphatic rings. The number of carbonyl (C=O) groups is 1. The third kappa shape index (κ3) is 8.57. The van der Waals surface area contributed by atoms with Crippen molar-refractivity contribution in [2.24, 2.45) is 0 Å². The van der Waals surface area contributed by atoms with E-state index >= 15 is 0 Å². The van der Waals surface area contributed by atoms with Crippen LogP contribution in [0, 0.1) is 0 Å². The van der Waals surface area contributed by atoms with E-state index in [2.05, 4.69) is 4.74 Å². The van der Waals surface area contributed by atoms with E-state index in [-0.39, 0.29) is 19.8 Å². The zero-order chi connectivity index (χ0) is 15.4. The fourth-order valence-electron chi connectivity index (χ4n) is 1.07. The zero-order valence-corrected chi connectivity index (χ0v) is 11.3. The van der Waals surface area contributed by atoms with Crippen molar-refractivity contribution in [1.82, 2.24) is 0 Å². The molecule has 0 aliphatic carbocycles. The molecule has 1 N–H and O–H groups in total. The second-order valence-corrected chi connectivity index (χ2v) is 3.49. The molecule has 0 amide bonds. The zero-order valence-electron chi connectivity index (χ0n) is 11.3. The molecule has 0 aromatic heterocycles. The lowest BCUT2D eigenvalue weighted by Crippen LogP contribution is -2.21. The van der Waals surface area contributed by atoms with Crippen molar-refractivity contribution in [1.29, 1.82) is 0 Å². The first-order valence-corrected chi connectivity index (χ1v) is 5.69. The molecule has 0 aliphatic heterocycles. The predicted molar refractivity (Wildman–Crippen MR) is 65.2 cm³/mol. The molecule has 0 aromatic carbocycles. The average Bonchev–Trinajstić information content (AvgIpc) is 2.40. The largest absolute Gasteiger partial charge is 0.479 e. The lowest BCUT2D eigenvalue weighted by molar-refractivity contribution is -0.148. The summed E-state index contributed by atoms with van der Waals surface area (Å²) in [7, 11) is 2.70. The van der Waals surface area contributed by atoms with Crippen LogP contribution >= 0.6 is 0 Å². The van der Waals surface area contributed by atoms with Crippen LogP contribution in [0.15, 0.2) is 24.0 Å². The summed E-state index contributed by atoms with van der Waals surface area (Å²) in [5, 5.41) is 8.69. The Bertz CT molecular complexity index is 339. The normalized spacial score (nSPS) is 12.4. The molecule has 0 radical (unpaired) electrons.